The van der Waals surface area contributed by atoms with Gasteiger partial charge in [0, 0.05) is 6.08 Å². The monoisotopic (exact) mass is 236 g/mol. The number of ether oxygens (including phenoxy) is 2. The van der Waals surface area contributed by atoms with E-state index in [0.29, 0.717) is 5.75 Å². The normalized spacial score (nSPS) is 13.5. The topological polar surface area (TPSA) is 55.8 Å². The van der Waals surface area contributed by atoms with Crippen molar-refractivity contribution in [1.29, 1.82) is 0 Å². The number of aliphatic hydroxyl groups is 1. The quantitative estimate of drug-likeness (QED) is 0.601. The first-order chi connectivity index (χ1) is 8.13. The number of carbonyl (C=O) groups excluding carboxylic acids is 1. The average molecular weight is 236 g/mol. The fraction of sp³-hybridized carbons (Fsp3) is 0.308. The zero-order valence-electron chi connectivity index (χ0n) is 9.70. The molecule has 0 amide bonds. The van der Waals surface area contributed by atoms with E-state index < -0.39 is 18.2 Å². The van der Waals surface area contributed by atoms with Crippen molar-refractivity contribution in [1.82, 2.24) is 0 Å². The maximum atomic E-state index is 10.8. The van der Waals surface area contributed by atoms with Crippen molar-refractivity contribution in [3.05, 3.63) is 43.0 Å². The Morgan fingerprint density at radius 3 is 2.71 bits per heavy atom. The number of esters is 1. The van der Waals surface area contributed by atoms with E-state index in [-0.39, 0.29) is 6.61 Å². The van der Waals surface area contributed by atoms with Crippen molar-refractivity contribution >= 4 is 5.97 Å². The minimum Gasteiger partial charge on any atom is -0.488 e. The van der Waals surface area contributed by atoms with E-state index in [0.717, 1.165) is 6.08 Å². The maximum Gasteiger partial charge on any atom is 0.330 e. The van der Waals surface area contributed by atoms with Gasteiger partial charge in [-0.05, 0) is 19.1 Å². The first-order valence-electron chi connectivity index (χ1n) is 5.32. The summed E-state index contributed by atoms with van der Waals surface area (Å²) in [6.45, 7) is 4.86. The second-order valence-corrected chi connectivity index (χ2v) is 3.54. The van der Waals surface area contributed by atoms with E-state index in [1.807, 2.05) is 18.2 Å². The summed E-state index contributed by atoms with van der Waals surface area (Å²) < 4.78 is 10.2. The Morgan fingerprint density at radius 2 is 2.12 bits per heavy atom. The lowest BCUT2D eigenvalue weighted by Crippen LogP contribution is -2.33. The third kappa shape index (κ3) is 4.70. The van der Waals surface area contributed by atoms with E-state index in [1.165, 1.54) is 0 Å². The summed E-state index contributed by atoms with van der Waals surface area (Å²) in [6.07, 6.45) is -0.288. The molecule has 2 unspecified atom stereocenters. The van der Waals surface area contributed by atoms with Crippen LogP contribution in [0, 0.1) is 0 Å². The lowest BCUT2D eigenvalue weighted by molar-refractivity contribution is -0.142. The molecule has 17 heavy (non-hydrogen) atoms. The Balaban J connectivity index is 2.39. The Hall–Kier alpha value is -1.81. The predicted molar refractivity (Wildman–Crippen MR) is 63.7 cm³/mol. The van der Waals surface area contributed by atoms with Crippen LogP contribution < -0.4 is 4.74 Å². The summed E-state index contributed by atoms with van der Waals surface area (Å²) in [7, 11) is 0. The first kappa shape index (κ1) is 13.3. The number of aliphatic hydroxyl groups excluding tert-OH is 1. The molecule has 0 bridgehead atoms. The Bertz CT molecular complexity index is 361. The van der Waals surface area contributed by atoms with Crippen LogP contribution >= 0.6 is 0 Å². The molecular weight excluding hydrogens is 220 g/mol. The minimum atomic E-state index is -0.876. The molecule has 0 saturated carbocycles. The zero-order valence-corrected chi connectivity index (χ0v) is 9.70. The largest absolute Gasteiger partial charge is 0.488 e. The SMILES string of the molecule is C=CC(=O)OCC(O)C(C)Oc1ccccc1. The molecule has 4 heteroatoms. The summed E-state index contributed by atoms with van der Waals surface area (Å²) in [6, 6.07) is 9.14. The standard InChI is InChI=1S/C13H16O4/c1-3-13(15)16-9-12(14)10(2)17-11-7-5-4-6-8-11/h3-8,10,12,14H,1,9H2,2H3. The highest BCUT2D eigenvalue weighted by Crippen LogP contribution is 2.12. The molecule has 0 aliphatic carbocycles. The highest BCUT2D eigenvalue weighted by molar-refractivity contribution is 5.81. The molecule has 1 N–H and O–H groups in total. The summed E-state index contributed by atoms with van der Waals surface area (Å²) >= 11 is 0. The molecule has 0 spiro atoms. The van der Waals surface area contributed by atoms with Gasteiger partial charge in [-0.2, -0.15) is 0 Å². The van der Waals surface area contributed by atoms with Crippen LogP contribution in [0.4, 0.5) is 0 Å². The third-order valence-corrected chi connectivity index (χ3v) is 2.17. The van der Waals surface area contributed by atoms with Gasteiger partial charge in [-0.3, -0.25) is 0 Å². The summed E-state index contributed by atoms with van der Waals surface area (Å²) in [5.41, 5.74) is 0. The van der Waals surface area contributed by atoms with Crippen molar-refractivity contribution in [2.24, 2.45) is 0 Å². The minimum absolute atomic E-state index is 0.112. The maximum absolute atomic E-state index is 10.8. The van der Waals surface area contributed by atoms with Crippen LogP contribution in [0.3, 0.4) is 0 Å². The van der Waals surface area contributed by atoms with Gasteiger partial charge < -0.3 is 14.6 Å². The molecule has 1 aromatic rings. The number of benzene rings is 1. The van der Waals surface area contributed by atoms with Gasteiger partial charge in [-0.15, -0.1) is 0 Å². The molecule has 92 valence electrons. The summed E-state index contributed by atoms with van der Waals surface area (Å²) in [5, 5.41) is 9.69. The lowest BCUT2D eigenvalue weighted by Gasteiger charge is -2.20. The molecule has 0 aromatic heterocycles. The van der Waals surface area contributed by atoms with E-state index >= 15 is 0 Å². The Kier molecular flexibility index (Phi) is 5.23. The molecular formula is C13H16O4. The summed E-state index contributed by atoms with van der Waals surface area (Å²) in [5.74, 6) is 0.102. The Morgan fingerprint density at radius 1 is 1.47 bits per heavy atom. The van der Waals surface area contributed by atoms with Gasteiger partial charge in [0.25, 0.3) is 0 Å². The molecule has 0 fully saturated rings. The highest BCUT2D eigenvalue weighted by Gasteiger charge is 2.17. The predicted octanol–water partition coefficient (Wildman–Crippen LogP) is 1.54. The van der Waals surface area contributed by atoms with Crippen LogP contribution in [0.25, 0.3) is 0 Å². The second kappa shape index (κ2) is 6.70. The second-order valence-electron chi connectivity index (χ2n) is 3.54. The van der Waals surface area contributed by atoms with Crippen molar-refractivity contribution < 1.29 is 19.4 Å². The van der Waals surface area contributed by atoms with E-state index in [2.05, 4.69) is 6.58 Å². The van der Waals surface area contributed by atoms with Crippen LogP contribution in [0.1, 0.15) is 6.92 Å². The van der Waals surface area contributed by atoms with Crippen LogP contribution in [-0.2, 0) is 9.53 Å². The van der Waals surface area contributed by atoms with Crippen LogP contribution in [0.2, 0.25) is 0 Å². The molecule has 0 aliphatic rings. The summed E-state index contributed by atoms with van der Waals surface area (Å²) in [4.78, 5) is 10.8. The van der Waals surface area contributed by atoms with Gasteiger partial charge in [0.2, 0.25) is 0 Å². The number of hydrogen-bond acceptors (Lipinski definition) is 4. The van der Waals surface area contributed by atoms with Crippen molar-refractivity contribution in [2.75, 3.05) is 6.61 Å². The average Bonchev–Trinajstić information content (AvgIpc) is 2.36. The number of hydrogen-bond donors (Lipinski definition) is 1. The lowest BCUT2D eigenvalue weighted by atomic mass is 10.2. The number of para-hydroxylation sites is 1. The molecule has 4 nitrogen and oxygen atoms in total. The van der Waals surface area contributed by atoms with E-state index in [1.54, 1.807) is 19.1 Å². The molecule has 1 rings (SSSR count). The Labute approximate surface area is 100 Å². The van der Waals surface area contributed by atoms with Gasteiger partial charge in [-0.1, -0.05) is 24.8 Å². The molecule has 0 aliphatic heterocycles. The zero-order chi connectivity index (χ0) is 12.7. The van der Waals surface area contributed by atoms with E-state index in [4.69, 9.17) is 9.47 Å². The molecule has 2 atom stereocenters. The van der Waals surface area contributed by atoms with Crippen molar-refractivity contribution in [3.8, 4) is 5.75 Å². The van der Waals surface area contributed by atoms with E-state index in [9.17, 15) is 9.90 Å². The molecule has 0 heterocycles. The van der Waals surface area contributed by atoms with Gasteiger partial charge >= 0.3 is 5.97 Å². The highest BCUT2D eigenvalue weighted by atomic mass is 16.5. The van der Waals surface area contributed by atoms with Gasteiger partial charge in [0.15, 0.2) is 0 Å². The molecule has 1 aromatic carbocycles. The van der Waals surface area contributed by atoms with Gasteiger partial charge in [0.05, 0.1) is 0 Å². The fourth-order valence-corrected chi connectivity index (χ4v) is 1.15. The smallest absolute Gasteiger partial charge is 0.330 e. The fourth-order valence-electron chi connectivity index (χ4n) is 1.15. The number of rotatable bonds is 6. The van der Waals surface area contributed by atoms with Crippen LogP contribution in [0.5, 0.6) is 5.75 Å². The van der Waals surface area contributed by atoms with Gasteiger partial charge in [-0.25, -0.2) is 4.79 Å². The third-order valence-electron chi connectivity index (χ3n) is 2.17. The van der Waals surface area contributed by atoms with Crippen molar-refractivity contribution in [3.63, 3.8) is 0 Å². The number of carbonyl (C=O) groups is 1. The van der Waals surface area contributed by atoms with Crippen LogP contribution in [0.15, 0.2) is 43.0 Å². The van der Waals surface area contributed by atoms with Crippen molar-refractivity contribution in [2.45, 2.75) is 19.1 Å². The molecule has 0 radical (unpaired) electrons. The molecule has 0 saturated heterocycles. The van der Waals surface area contributed by atoms with Gasteiger partial charge in [0.1, 0.15) is 24.6 Å². The first-order valence-corrected chi connectivity index (χ1v) is 5.32. The van der Waals surface area contributed by atoms with Crippen LogP contribution in [-0.4, -0.2) is 29.9 Å².